The zero-order valence-electron chi connectivity index (χ0n) is 67.9. The number of quaternary nitrogens is 1. The van der Waals surface area contributed by atoms with Gasteiger partial charge in [-0.3, -0.25) is 9.59 Å². The molecule has 0 bridgehead atoms. The third-order valence-corrected chi connectivity index (χ3v) is 20.6. The molecular formula is C91H174NO8+. The van der Waals surface area contributed by atoms with Gasteiger partial charge in [0.25, 0.3) is 6.29 Å². The molecule has 0 aliphatic rings. The molecule has 0 saturated carbocycles. The van der Waals surface area contributed by atoms with Crippen molar-refractivity contribution in [2.24, 2.45) is 0 Å². The van der Waals surface area contributed by atoms with E-state index in [0.717, 1.165) is 51.4 Å². The van der Waals surface area contributed by atoms with Crippen LogP contribution in [0.15, 0.2) is 36.5 Å². The van der Waals surface area contributed by atoms with Crippen molar-refractivity contribution in [2.45, 2.75) is 482 Å². The van der Waals surface area contributed by atoms with Gasteiger partial charge < -0.3 is 28.5 Å². The van der Waals surface area contributed by atoms with Gasteiger partial charge in [-0.05, 0) is 51.4 Å². The highest BCUT2D eigenvalue weighted by atomic mass is 16.7. The van der Waals surface area contributed by atoms with Crippen LogP contribution in [-0.4, -0.2) is 87.4 Å². The summed E-state index contributed by atoms with van der Waals surface area (Å²) < 4.78 is 23.1. The van der Waals surface area contributed by atoms with Crippen LogP contribution in [0.25, 0.3) is 0 Å². The molecule has 590 valence electrons. The smallest absolute Gasteiger partial charge is 0.361 e. The Kier molecular flexibility index (Phi) is 80.1. The summed E-state index contributed by atoms with van der Waals surface area (Å²) in [5, 5.41) is 9.79. The normalized spacial score (nSPS) is 12.7. The number of carboxylic acid groups (broad SMARTS) is 1. The first kappa shape index (κ1) is 97.5. The molecule has 0 fully saturated rings. The molecule has 100 heavy (non-hydrogen) atoms. The van der Waals surface area contributed by atoms with Gasteiger partial charge in [0.05, 0.1) is 34.4 Å². The molecular weight excluding hydrogens is 1230 g/mol. The van der Waals surface area contributed by atoms with Crippen molar-refractivity contribution in [3.63, 3.8) is 0 Å². The van der Waals surface area contributed by atoms with E-state index in [-0.39, 0.29) is 38.2 Å². The van der Waals surface area contributed by atoms with E-state index in [1.54, 1.807) is 0 Å². The van der Waals surface area contributed by atoms with Gasteiger partial charge in [-0.25, -0.2) is 4.79 Å². The van der Waals surface area contributed by atoms with E-state index in [9.17, 15) is 19.5 Å². The Balaban J connectivity index is 3.90. The number of esters is 2. The molecule has 0 spiro atoms. The number of hydrogen-bond donors (Lipinski definition) is 1. The Hall–Kier alpha value is -2.49. The zero-order chi connectivity index (χ0) is 72.5. The van der Waals surface area contributed by atoms with Crippen molar-refractivity contribution in [3.05, 3.63) is 36.5 Å². The average Bonchev–Trinajstić information content (AvgIpc) is 1.14. The number of rotatable bonds is 85. The maximum atomic E-state index is 13.0. The largest absolute Gasteiger partial charge is 0.477 e. The van der Waals surface area contributed by atoms with E-state index >= 15 is 0 Å². The number of aliphatic carboxylic acids is 1. The minimum atomic E-state index is -1.51. The lowest BCUT2D eigenvalue weighted by molar-refractivity contribution is -0.870. The fourth-order valence-corrected chi connectivity index (χ4v) is 13.9. The molecule has 0 aromatic heterocycles. The fourth-order valence-electron chi connectivity index (χ4n) is 13.9. The summed E-state index contributed by atoms with van der Waals surface area (Å²) in [6.45, 7) is 4.96. The van der Waals surface area contributed by atoms with Gasteiger partial charge >= 0.3 is 17.9 Å². The third-order valence-electron chi connectivity index (χ3n) is 20.6. The number of ether oxygens (including phenoxy) is 4. The Bertz CT molecular complexity index is 1740. The van der Waals surface area contributed by atoms with Gasteiger partial charge in [0, 0.05) is 12.8 Å². The third kappa shape index (κ3) is 82.8. The molecule has 0 radical (unpaired) electrons. The van der Waals surface area contributed by atoms with Crippen LogP contribution in [0.3, 0.4) is 0 Å². The van der Waals surface area contributed by atoms with Gasteiger partial charge in [0.1, 0.15) is 13.2 Å². The summed E-state index contributed by atoms with van der Waals surface area (Å²) in [5.74, 6) is -1.97. The van der Waals surface area contributed by atoms with Crippen molar-refractivity contribution < 1.29 is 42.9 Å². The minimum absolute atomic E-state index is 0.174. The van der Waals surface area contributed by atoms with Crippen LogP contribution in [0.5, 0.6) is 0 Å². The lowest BCUT2D eigenvalue weighted by Gasteiger charge is -2.25. The molecule has 9 nitrogen and oxygen atoms in total. The Morgan fingerprint density at radius 3 is 0.800 bits per heavy atom. The van der Waals surface area contributed by atoms with Gasteiger partial charge in [-0.2, -0.15) is 0 Å². The molecule has 0 saturated heterocycles. The number of unbranched alkanes of at least 4 members (excludes halogenated alkanes) is 64. The number of carboxylic acids is 1. The number of carbonyl (C=O) groups is 3. The number of carbonyl (C=O) groups excluding carboxylic acids is 2. The maximum Gasteiger partial charge on any atom is 0.361 e. The topological polar surface area (TPSA) is 108 Å². The number of likely N-dealkylation sites (N-methyl/N-ethyl adjacent to an activating group) is 1. The lowest BCUT2D eigenvalue weighted by atomic mass is 10.0. The van der Waals surface area contributed by atoms with Gasteiger partial charge in [0.15, 0.2) is 6.10 Å². The number of allylic oxidation sites excluding steroid dienone is 6. The standard InChI is InChI=1S/C91H173NO8/c1-6-8-10-12-14-16-18-20-22-24-26-28-30-32-34-36-38-40-42-44-46-47-49-51-53-55-57-59-61-63-65-67-69-71-73-75-77-79-81-88(93)98-85-87(86-99-91(90(95)96)97-84-83-92(3,4)5)100-89(94)82-80-78-76-74-72-70-68-66-64-62-60-58-56-54-52-50-48-45-43-41-39-37-35-33-31-29-27-25-23-21-19-17-15-13-11-9-7-2/h19,21,25,27,31,33,87,91H,6-18,20,22-24,26,28-30,32,34-86H2,1-5H3/p+1/b21-19-,27-25-,33-31-. The molecule has 0 rings (SSSR count). The van der Waals surface area contributed by atoms with E-state index in [0.29, 0.717) is 17.4 Å². The van der Waals surface area contributed by atoms with E-state index in [1.165, 1.54) is 392 Å². The summed E-state index contributed by atoms with van der Waals surface area (Å²) in [6.07, 6.45) is 105. The first-order valence-electron chi connectivity index (χ1n) is 44.7. The highest BCUT2D eigenvalue weighted by molar-refractivity contribution is 5.71. The van der Waals surface area contributed by atoms with Crippen LogP contribution in [0.2, 0.25) is 0 Å². The molecule has 2 unspecified atom stereocenters. The quantitative estimate of drug-likeness (QED) is 0.0211. The maximum absolute atomic E-state index is 13.0. The number of hydrogen-bond acceptors (Lipinski definition) is 7. The van der Waals surface area contributed by atoms with E-state index in [2.05, 4.69) is 50.3 Å². The average molecular weight is 1410 g/mol. The van der Waals surface area contributed by atoms with Crippen molar-refractivity contribution in [1.82, 2.24) is 0 Å². The fraction of sp³-hybridized carbons (Fsp3) is 0.901. The van der Waals surface area contributed by atoms with Crippen LogP contribution in [0, 0.1) is 0 Å². The van der Waals surface area contributed by atoms with E-state index in [1.807, 2.05) is 21.1 Å². The molecule has 0 amide bonds. The van der Waals surface area contributed by atoms with Crippen LogP contribution in [-0.2, 0) is 33.3 Å². The van der Waals surface area contributed by atoms with Gasteiger partial charge in [0.2, 0.25) is 0 Å². The Morgan fingerprint density at radius 1 is 0.300 bits per heavy atom. The van der Waals surface area contributed by atoms with Crippen LogP contribution in [0.4, 0.5) is 0 Å². The molecule has 9 heteroatoms. The van der Waals surface area contributed by atoms with Crippen LogP contribution in [0.1, 0.15) is 470 Å². The summed E-state index contributed by atoms with van der Waals surface area (Å²) in [5.41, 5.74) is 0. The monoisotopic (exact) mass is 1410 g/mol. The number of nitrogens with zero attached hydrogens (tertiary/aromatic N) is 1. The second-order valence-corrected chi connectivity index (χ2v) is 31.9. The van der Waals surface area contributed by atoms with E-state index < -0.39 is 18.4 Å². The van der Waals surface area contributed by atoms with Crippen LogP contribution >= 0.6 is 0 Å². The second kappa shape index (κ2) is 82.2. The van der Waals surface area contributed by atoms with Crippen molar-refractivity contribution >= 4 is 17.9 Å². The molecule has 1 N–H and O–H groups in total. The lowest BCUT2D eigenvalue weighted by Crippen LogP contribution is -2.40. The molecule has 2 atom stereocenters. The first-order valence-corrected chi connectivity index (χ1v) is 44.7. The molecule has 0 aromatic rings. The van der Waals surface area contributed by atoms with E-state index in [4.69, 9.17) is 18.9 Å². The second-order valence-electron chi connectivity index (χ2n) is 31.9. The molecule has 0 aliphatic carbocycles. The van der Waals surface area contributed by atoms with Crippen molar-refractivity contribution in [2.75, 3.05) is 47.5 Å². The van der Waals surface area contributed by atoms with Crippen molar-refractivity contribution in [3.8, 4) is 0 Å². The van der Waals surface area contributed by atoms with Gasteiger partial charge in [-0.15, -0.1) is 0 Å². The summed E-state index contributed by atoms with van der Waals surface area (Å²) in [6, 6.07) is 0. The van der Waals surface area contributed by atoms with Crippen LogP contribution < -0.4 is 0 Å². The first-order chi connectivity index (χ1) is 49.1. The summed E-state index contributed by atoms with van der Waals surface area (Å²) in [7, 11) is 6.01. The zero-order valence-corrected chi connectivity index (χ0v) is 67.9. The predicted octanol–water partition coefficient (Wildman–Crippen LogP) is 29.0. The molecule has 0 heterocycles. The Labute approximate surface area is 623 Å². The molecule has 0 aromatic carbocycles. The highest BCUT2D eigenvalue weighted by Crippen LogP contribution is 2.21. The summed E-state index contributed by atoms with van der Waals surface area (Å²) >= 11 is 0. The molecule has 0 aliphatic heterocycles. The highest BCUT2D eigenvalue weighted by Gasteiger charge is 2.25. The van der Waals surface area contributed by atoms with Gasteiger partial charge in [-0.1, -0.05) is 442 Å². The Morgan fingerprint density at radius 2 is 0.540 bits per heavy atom. The summed E-state index contributed by atoms with van der Waals surface area (Å²) in [4.78, 5) is 37.8. The SMILES string of the molecule is CCCCCCC/C=C\C/C=C\C/C=C\CCCCCCCCCCCCCCCCCCCCCCCCC(=O)OC(COC(=O)CCCCCCCCCCCCCCCCCCCCCCCCCCCCCCCCCCCCCCCC)COC(OCC[N+](C)(C)C)C(=O)O. The minimum Gasteiger partial charge on any atom is -0.477 e. The van der Waals surface area contributed by atoms with Crippen molar-refractivity contribution in [1.29, 1.82) is 0 Å². The predicted molar refractivity (Wildman–Crippen MR) is 434 cm³/mol.